The Morgan fingerprint density at radius 2 is 2.25 bits per heavy atom. The summed E-state index contributed by atoms with van der Waals surface area (Å²) in [5, 5.41) is 7.70. The molecule has 0 fully saturated rings. The summed E-state index contributed by atoms with van der Waals surface area (Å²) in [4.78, 5) is 0. The number of aryl methyl sites for hydroxylation is 2. The Hall–Kier alpha value is -1.56. The first kappa shape index (κ1) is 8.54. The minimum atomic E-state index is 0.233. The number of hydrogen-bond donors (Lipinski definition) is 0. The number of ether oxygens (including phenoxy) is 1. The summed E-state index contributed by atoms with van der Waals surface area (Å²) in [6.45, 7) is 4.08. The van der Waals surface area contributed by atoms with Gasteiger partial charge in [-0.15, -0.1) is 11.5 Å². The second-order valence-electron chi connectivity index (χ2n) is 2.44. The monoisotopic (exact) mass is 162 g/mol. The van der Waals surface area contributed by atoms with Crippen LogP contribution < -0.4 is 4.74 Å². The molecule has 3 heteroatoms. The molecule has 0 spiro atoms. The molecular weight excluding hydrogens is 152 g/mol. The summed E-state index contributed by atoms with van der Waals surface area (Å²) in [5.41, 5.74) is 1.96. The molecule has 0 amide bonds. The van der Waals surface area contributed by atoms with Crippen LogP contribution in [0.3, 0.4) is 0 Å². The van der Waals surface area contributed by atoms with Gasteiger partial charge in [-0.2, -0.15) is 5.10 Å². The van der Waals surface area contributed by atoms with Gasteiger partial charge in [0.15, 0.2) is 6.61 Å². The molecule has 12 heavy (non-hydrogen) atoms. The van der Waals surface area contributed by atoms with E-state index in [9.17, 15) is 0 Å². The molecule has 0 saturated heterocycles. The lowest BCUT2D eigenvalue weighted by atomic mass is 10.2. The Labute approximate surface area is 71.8 Å². The Morgan fingerprint density at radius 1 is 1.50 bits per heavy atom. The molecule has 0 aromatic carbocycles. The van der Waals surface area contributed by atoms with E-state index in [0.29, 0.717) is 5.88 Å². The smallest absolute Gasteiger partial charge is 0.234 e. The lowest BCUT2D eigenvalue weighted by Crippen LogP contribution is -1.99. The number of hydrogen-bond acceptors (Lipinski definition) is 3. The molecule has 0 saturated carbocycles. The van der Waals surface area contributed by atoms with Crippen LogP contribution in [0.2, 0.25) is 0 Å². The lowest BCUT2D eigenvalue weighted by molar-refractivity contribution is 0.350. The van der Waals surface area contributed by atoms with Crippen LogP contribution in [0.15, 0.2) is 6.07 Å². The minimum Gasteiger partial charge on any atom is -0.463 e. The van der Waals surface area contributed by atoms with Gasteiger partial charge in [-0.1, -0.05) is 5.92 Å². The first-order chi connectivity index (χ1) is 5.74. The van der Waals surface area contributed by atoms with E-state index in [1.54, 1.807) is 0 Å². The highest BCUT2D eigenvalue weighted by Crippen LogP contribution is 2.09. The number of rotatable bonds is 2. The summed E-state index contributed by atoms with van der Waals surface area (Å²) in [7, 11) is 0. The van der Waals surface area contributed by atoms with Crippen LogP contribution in [0, 0.1) is 26.2 Å². The number of nitrogens with zero attached hydrogens (tertiary/aromatic N) is 2. The van der Waals surface area contributed by atoms with Crippen molar-refractivity contribution in [2.75, 3.05) is 6.61 Å². The Kier molecular flexibility index (Phi) is 2.65. The van der Waals surface area contributed by atoms with E-state index in [-0.39, 0.29) is 6.61 Å². The second kappa shape index (κ2) is 3.72. The van der Waals surface area contributed by atoms with Crippen molar-refractivity contribution in [2.45, 2.75) is 13.8 Å². The van der Waals surface area contributed by atoms with Gasteiger partial charge in [-0.25, -0.2) is 0 Å². The van der Waals surface area contributed by atoms with Gasteiger partial charge in [0.1, 0.15) is 0 Å². The van der Waals surface area contributed by atoms with Crippen molar-refractivity contribution >= 4 is 0 Å². The Morgan fingerprint density at radius 3 is 2.83 bits per heavy atom. The fourth-order valence-electron chi connectivity index (χ4n) is 0.708. The topological polar surface area (TPSA) is 35.0 Å². The van der Waals surface area contributed by atoms with Gasteiger partial charge in [0.25, 0.3) is 0 Å². The first-order valence-electron chi connectivity index (χ1n) is 3.61. The zero-order valence-electron chi connectivity index (χ0n) is 7.16. The van der Waals surface area contributed by atoms with Crippen molar-refractivity contribution in [1.29, 1.82) is 0 Å². The number of aromatic nitrogens is 2. The van der Waals surface area contributed by atoms with Gasteiger partial charge in [0.2, 0.25) is 5.88 Å². The predicted octanol–water partition coefficient (Wildman–Crippen LogP) is 1.11. The fraction of sp³-hybridized carbons (Fsp3) is 0.333. The van der Waals surface area contributed by atoms with Gasteiger partial charge in [0, 0.05) is 6.07 Å². The Bertz CT molecular complexity index is 315. The summed E-state index contributed by atoms with van der Waals surface area (Å²) >= 11 is 0. The molecule has 0 bridgehead atoms. The average molecular weight is 162 g/mol. The van der Waals surface area contributed by atoms with E-state index in [1.165, 1.54) is 0 Å². The van der Waals surface area contributed by atoms with Crippen LogP contribution in [-0.4, -0.2) is 16.8 Å². The van der Waals surface area contributed by atoms with Crippen LogP contribution in [-0.2, 0) is 0 Å². The van der Waals surface area contributed by atoms with Crippen molar-refractivity contribution in [3.63, 3.8) is 0 Å². The van der Waals surface area contributed by atoms with Gasteiger partial charge in [0.05, 0.1) is 5.69 Å². The quantitative estimate of drug-likeness (QED) is 0.611. The summed E-state index contributed by atoms with van der Waals surface area (Å²) in [6.07, 6.45) is 5.02. The van der Waals surface area contributed by atoms with Crippen molar-refractivity contribution in [3.05, 3.63) is 17.3 Å². The molecule has 0 aliphatic carbocycles. The van der Waals surface area contributed by atoms with E-state index in [4.69, 9.17) is 11.2 Å². The zero-order valence-corrected chi connectivity index (χ0v) is 7.16. The van der Waals surface area contributed by atoms with Crippen molar-refractivity contribution in [2.24, 2.45) is 0 Å². The average Bonchev–Trinajstić information content (AvgIpc) is 2.07. The molecule has 0 radical (unpaired) electrons. The molecular formula is C9H10N2O. The van der Waals surface area contributed by atoms with Crippen LogP contribution in [0.4, 0.5) is 0 Å². The van der Waals surface area contributed by atoms with Crippen molar-refractivity contribution < 1.29 is 4.74 Å². The molecule has 0 aliphatic rings. The van der Waals surface area contributed by atoms with Gasteiger partial charge in [-0.3, -0.25) is 0 Å². The van der Waals surface area contributed by atoms with E-state index < -0.39 is 0 Å². The Balaban J connectivity index is 2.77. The molecule has 1 aromatic rings. The highest BCUT2D eigenvalue weighted by molar-refractivity contribution is 5.21. The van der Waals surface area contributed by atoms with Crippen LogP contribution in [0.1, 0.15) is 11.3 Å². The van der Waals surface area contributed by atoms with Gasteiger partial charge >= 0.3 is 0 Å². The van der Waals surface area contributed by atoms with E-state index in [2.05, 4.69) is 16.1 Å². The molecule has 1 heterocycles. The second-order valence-corrected chi connectivity index (χ2v) is 2.44. The summed E-state index contributed by atoms with van der Waals surface area (Å²) in [6, 6.07) is 1.82. The van der Waals surface area contributed by atoms with E-state index in [0.717, 1.165) is 11.3 Å². The summed E-state index contributed by atoms with van der Waals surface area (Å²) in [5.74, 6) is 2.84. The highest BCUT2D eigenvalue weighted by Gasteiger charge is 1.98. The minimum absolute atomic E-state index is 0.233. The molecule has 0 N–H and O–H groups in total. The normalized spacial score (nSPS) is 9.08. The fourth-order valence-corrected chi connectivity index (χ4v) is 0.708. The third-order valence-electron chi connectivity index (χ3n) is 1.51. The maximum Gasteiger partial charge on any atom is 0.234 e. The summed E-state index contributed by atoms with van der Waals surface area (Å²) < 4.78 is 5.08. The van der Waals surface area contributed by atoms with Gasteiger partial charge < -0.3 is 4.74 Å². The molecule has 62 valence electrons. The van der Waals surface area contributed by atoms with E-state index in [1.807, 2.05) is 19.9 Å². The molecule has 0 unspecified atom stereocenters. The third kappa shape index (κ3) is 1.96. The predicted molar refractivity (Wildman–Crippen MR) is 45.8 cm³/mol. The maximum absolute atomic E-state index is 5.08. The standard InChI is InChI=1S/C9H10N2O/c1-4-5-12-9-6-7(2)8(3)10-11-9/h1,6H,5H2,2-3H3. The first-order valence-corrected chi connectivity index (χ1v) is 3.61. The van der Waals surface area contributed by atoms with Crippen LogP contribution in [0.25, 0.3) is 0 Å². The van der Waals surface area contributed by atoms with Crippen LogP contribution >= 0.6 is 0 Å². The lowest BCUT2D eigenvalue weighted by Gasteiger charge is -2.01. The van der Waals surface area contributed by atoms with Crippen molar-refractivity contribution in [3.8, 4) is 18.2 Å². The zero-order chi connectivity index (χ0) is 8.97. The largest absolute Gasteiger partial charge is 0.463 e. The van der Waals surface area contributed by atoms with Crippen molar-refractivity contribution in [1.82, 2.24) is 10.2 Å². The molecule has 1 aromatic heterocycles. The molecule has 0 atom stereocenters. The maximum atomic E-state index is 5.08. The third-order valence-corrected chi connectivity index (χ3v) is 1.51. The molecule has 1 rings (SSSR count). The van der Waals surface area contributed by atoms with Crippen LogP contribution in [0.5, 0.6) is 5.88 Å². The molecule has 0 aliphatic heterocycles. The number of terminal acetylenes is 1. The molecule has 3 nitrogen and oxygen atoms in total. The van der Waals surface area contributed by atoms with Gasteiger partial charge in [-0.05, 0) is 19.4 Å². The highest BCUT2D eigenvalue weighted by atomic mass is 16.5. The SMILES string of the molecule is C#CCOc1cc(C)c(C)nn1. The van der Waals surface area contributed by atoms with E-state index >= 15 is 0 Å².